The highest BCUT2D eigenvalue weighted by Crippen LogP contribution is 2.27. The molecule has 0 bridgehead atoms. The van der Waals surface area contributed by atoms with Crippen LogP contribution < -0.4 is 10.1 Å². The van der Waals surface area contributed by atoms with Crippen LogP contribution >= 0.6 is 22.6 Å². The molecule has 2 aromatic rings. The number of carbonyl (C=O) groups is 1. The van der Waals surface area contributed by atoms with Gasteiger partial charge in [-0.1, -0.05) is 0 Å². The molecule has 0 saturated carbocycles. The number of ether oxygens (including phenoxy) is 1. The minimum Gasteiger partial charge on any atom is -0.477 e. The number of hydrogen-bond acceptors (Lipinski definition) is 4. The minimum atomic E-state index is -0.703. The lowest BCUT2D eigenvalue weighted by molar-refractivity contribution is -0.385. The van der Waals surface area contributed by atoms with Gasteiger partial charge in [0, 0.05) is 21.4 Å². The van der Waals surface area contributed by atoms with Gasteiger partial charge in [-0.2, -0.15) is 0 Å². The fraction of sp³-hybridized carbons (Fsp3) is 0.0714. The first-order chi connectivity index (χ1) is 10.5. The summed E-state index contributed by atoms with van der Waals surface area (Å²) < 4.78 is 19.2. The van der Waals surface area contributed by atoms with Gasteiger partial charge in [-0.25, -0.2) is 4.39 Å². The van der Waals surface area contributed by atoms with E-state index in [-0.39, 0.29) is 5.75 Å². The molecule has 0 heterocycles. The molecule has 1 N–H and O–H groups in total. The zero-order chi connectivity index (χ0) is 16.1. The Morgan fingerprint density at radius 3 is 2.59 bits per heavy atom. The van der Waals surface area contributed by atoms with E-state index in [4.69, 9.17) is 4.74 Å². The second-order valence-electron chi connectivity index (χ2n) is 4.21. The Morgan fingerprint density at radius 2 is 1.95 bits per heavy atom. The van der Waals surface area contributed by atoms with E-state index in [0.29, 0.717) is 5.69 Å². The largest absolute Gasteiger partial charge is 0.477 e. The maximum absolute atomic E-state index is 13.1. The Morgan fingerprint density at radius 1 is 1.27 bits per heavy atom. The van der Waals surface area contributed by atoms with E-state index < -0.39 is 28.9 Å². The number of nitrogens with one attached hydrogen (secondary N) is 1. The number of carbonyl (C=O) groups excluding carboxylic acids is 1. The third kappa shape index (κ3) is 4.38. The summed E-state index contributed by atoms with van der Waals surface area (Å²) in [5.41, 5.74) is 0.172. The first-order valence-corrected chi connectivity index (χ1v) is 7.16. The first-order valence-electron chi connectivity index (χ1n) is 6.08. The summed E-state index contributed by atoms with van der Waals surface area (Å²) in [6, 6.07) is 9.87. The molecule has 0 aliphatic carbocycles. The Hall–Kier alpha value is -2.23. The Bertz CT molecular complexity index is 706. The number of nitro groups is 1. The number of benzene rings is 2. The van der Waals surface area contributed by atoms with Crippen molar-refractivity contribution < 1.29 is 18.8 Å². The lowest BCUT2D eigenvalue weighted by Gasteiger charge is -2.08. The normalized spacial score (nSPS) is 10.1. The summed E-state index contributed by atoms with van der Waals surface area (Å²) in [6.07, 6.45) is 0. The Labute approximate surface area is 138 Å². The SMILES string of the molecule is O=C(COc1cc(F)ccc1[N+](=O)[O-])Nc1ccc(I)cc1. The summed E-state index contributed by atoms with van der Waals surface area (Å²) >= 11 is 2.13. The minimum absolute atomic E-state index is 0.289. The summed E-state index contributed by atoms with van der Waals surface area (Å²) in [6.45, 7) is -0.462. The smallest absolute Gasteiger partial charge is 0.311 e. The second kappa shape index (κ2) is 7.16. The number of anilines is 1. The van der Waals surface area contributed by atoms with Crippen LogP contribution in [-0.4, -0.2) is 17.4 Å². The van der Waals surface area contributed by atoms with Crippen LogP contribution in [0.3, 0.4) is 0 Å². The summed E-state index contributed by atoms with van der Waals surface area (Å²) in [5.74, 6) is -1.47. The van der Waals surface area contributed by atoms with Crippen molar-refractivity contribution in [1.29, 1.82) is 0 Å². The highest BCUT2D eigenvalue weighted by molar-refractivity contribution is 14.1. The number of rotatable bonds is 5. The van der Waals surface area contributed by atoms with Gasteiger partial charge in [-0.3, -0.25) is 14.9 Å². The quantitative estimate of drug-likeness (QED) is 0.461. The van der Waals surface area contributed by atoms with Crippen molar-refractivity contribution >= 4 is 39.9 Å². The third-order valence-electron chi connectivity index (χ3n) is 2.61. The molecular formula is C14H10FIN2O4. The third-order valence-corrected chi connectivity index (χ3v) is 3.32. The summed E-state index contributed by atoms with van der Waals surface area (Å²) in [7, 11) is 0. The highest BCUT2D eigenvalue weighted by Gasteiger charge is 2.17. The van der Waals surface area contributed by atoms with Crippen molar-refractivity contribution in [2.45, 2.75) is 0 Å². The standard InChI is InChI=1S/C14H10FIN2O4/c15-9-1-6-12(18(20)21)13(7-9)22-8-14(19)17-11-4-2-10(16)3-5-11/h1-7H,8H2,(H,17,19). The van der Waals surface area contributed by atoms with Gasteiger partial charge < -0.3 is 10.1 Å². The fourth-order valence-corrected chi connectivity index (χ4v) is 1.99. The molecule has 0 unspecified atom stereocenters. The molecule has 0 spiro atoms. The maximum atomic E-state index is 13.1. The molecule has 2 aromatic carbocycles. The van der Waals surface area contributed by atoms with Crippen LogP contribution in [-0.2, 0) is 4.79 Å². The van der Waals surface area contributed by atoms with Crippen molar-refractivity contribution in [3.63, 3.8) is 0 Å². The number of hydrogen-bond donors (Lipinski definition) is 1. The van der Waals surface area contributed by atoms with E-state index >= 15 is 0 Å². The zero-order valence-corrected chi connectivity index (χ0v) is 13.2. The maximum Gasteiger partial charge on any atom is 0.311 e. The van der Waals surface area contributed by atoms with E-state index in [0.717, 1.165) is 21.8 Å². The van der Waals surface area contributed by atoms with Crippen molar-refractivity contribution in [3.05, 3.63) is 62.0 Å². The molecule has 6 nitrogen and oxygen atoms in total. The molecular weight excluding hydrogens is 406 g/mol. The molecule has 114 valence electrons. The second-order valence-corrected chi connectivity index (χ2v) is 5.46. The van der Waals surface area contributed by atoms with Gasteiger partial charge in [0.15, 0.2) is 6.61 Å². The molecule has 2 rings (SSSR count). The van der Waals surface area contributed by atoms with E-state index in [1.807, 2.05) is 12.1 Å². The number of amides is 1. The molecule has 0 aliphatic rings. The van der Waals surface area contributed by atoms with Gasteiger partial charge in [-0.05, 0) is 52.9 Å². The van der Waals surface area contributed by atoms with Crippen LogP contribution in [0.1, 0.15) is 0 Å². The molecule has 0 aromatic heterocycles. The summed E-state index contributed by atoms with van der Waals surface area (Å²) in [4.78, 5) is 21.8. The fourth-order valence-electron chi connectivity index (χ4n) is 1.63. The molecule has 0 radical (unpaired) electrons. The van der Waals surface area contributed by atoms with Crippen molar-refractivity contribution in [2.75, 3.05) is 11.9 Å². The van der Waals surface area contributed by atoms with Gasteiger partial charge in [0.25, 0.3) is 5.91 Å². The molecule has 0 atom stereocenters. The highest BCUT2D eigenvalue weighted by atomic mass is 127. The van der Waals surface area contributed by atoms with E-state index in [1.165, 1.54) is 0 Å². The predicted octanol–water partition coefficient (Wildman–Crippen LogP) is 3.36. The van der Waals surface area contributed by atoms with Gasteiger partial charge >= 0.3 is 5.69 Å². The topological polar surface area (TPSA) is 81.5 Å². The van der Waals surface area contributed by atoms with Crippen LogP contribution in [0.4, 0.5) is 15.8 Å². The first kappa shape index (κ1) is 16.1. The van der Waals surface area contributed by atoms with Crippen LogP contribution in [0.15, 0.2) is 42.5 Å². The van der Waals surface area contributed by atoms with Gasteiger partial charge in [0.2, 0.25) is 5.75 Å². The molecule has 0 fully saturated rings. The molecule has 8 heteroatoms. The van der Waals surface area contributed by atoms with Gasteiger partial charge in [0.05, 0.1) is 4.92 Å². The average Bonchev–Trinajstić information content (AvgIpc) is 2.47. The Balaban J connectivity index is 2.00. The zero-order valence-electron chi connectivity index (χ0n) is 11.1. The van der Waals surface area contributed by atoms with Crippen LogP contribution in [0.25, 0.3) is 0 Å². The molecule has 1 amide bonds. The lowest BCUT2D eigenvalue weighted by atomic mass is 10.3. The average molecular weight is 416 g/mol. The van der Waals surface area contributed by atoms with Crippen LogP contribution in [0, 0.1) is 19.5 Å². The number of nitrogens with zero attached hydrogens (tertiary/aromatic N) is 1. The number of halogens is 2. The van der Waals surface area contributed by atoms with E-state index in [2.05, 4.69) is 27.9 Å². The van der Waals surface area contributed by atoms with Crippen LogP contribution in [0.2, 0.25) is 0 Å². The van der Waals surface area contributed by atoms with Crippen molar-refractivity contribution in [1.82, 2.24) is 0 Å². The van der Waals surface area contributed by atoms with Gasteiger partial charge in [0.1, 0.15) is 5.82 Å². The lowest BCUT2D eigenvalue weighted by Crippen LogP contribution is -2.20. The molecule has 0 aliphatic heterocycles. The van der Waals surface area contributed by atoms with E-state index in [9.17, 15) is 19.3 Å². The molecule has 0 saturated heterocycles. The van der Waals surface area contributed by atoms with Crippen molar-refractivity contribution in [3.8, 4) is 5.75 Å². The van der Waals surface area contributed by atoms with Crippen LogP contribution in [0.5, 0.6) is 5.75 Å². The van der Waals surface area contributed by atoms with Gasteiger partial charge in [-0.15, -0.1) is 0 Å². The summed E-state index contributed by atoms with van der Waals surface area (Å²) in [5, 5.41) is 13.4. The van der Waals surface area contributed by atoms with E-state index in [1.54, 1.807) is 12.1 Å². The Kier molecular flexibility index (Phi) is 5.26. The predicted molar refractivity (Wildman–Crippen MR) is 86.3 cm³/mol. The monoisotopic (exact) mass is 416 g/mol. The molecule has 22 heavy (non-hydrogen) atoms. The van der Waals surface area contributed by atoms with Crippen molar-refractivity contribution in [2.24, 2.45) is 0 Å². The number of nitro benzene ring substituents is 1.